The quantitative estimate of drug-likeness (QED) is 0.808. The molecule has 0 spiro atoms. The molecule has 0 bridgehead atoms. The van der Waals surface area contributed by atoms with E-state index in [9.17, 15) is 9.59 Å². The molecule has 2 atom stereocenters. The van der Waals surface area contributed by atoms with Crippen molar-refractivity contribution in [1.82, 2.24) is 10.0 Å². The van der Waals surface area contributed by atoms with E-state index in [1.807, 2.05) is 30.3 Å². The summed E-state index contributed by atoms with van der Waals surface area (Å²) in [5, 5.41) is 2.86. The first-order valence-corrected chi connectivity index (χ1v) is 9.32. The Bertz CT molecular complexity index is 629. The largest absolute Gasteiger partial charge is 0.443 e. The third-order valence-electron chi connectivity index (χ3n) is 4.93. The van der Waals surface area contributed by atoms with Gasteiger partial charge in [0, 0.05) is 13.1 Å². The van der Waals surface area contributed by atoms with E-state index in [1.165, 1.54) is 6.42 Å². The monoisotopic (exact) mass is 360 g/mol. The van der Waals surface area contributed by atoms with Gasteiger partial charge in [0.05, 0.1) is 0 Å². The summed E-state index contributed by atoms with van der Waals surface area (Å²) < 4.78 is 10.9. The zero-order chi connectivity index (χ0) is 18.7. The Balaban J connectivity index is 1.69. The molecular formula is C20H28N2O4. The fourth-order valence-electron chi connectivity index (χ4n) is 3.76. The number of fused-ring (bicyclic) bond motifs is 1. The number of hydrogen-bond donors (Lipinski definition) is 0. The second-order valence-electron chi connectivity index (χ2n) is 8.15. The smallest absolute Gasteiger partial charge is 0.435 e. The summed E-state index contributed by atoms with van der Waals surface area (Å²) >= 11 is 0. The summed E-state index contributed by atoms with van der Waals surface area (Å²) in [6, 6.07) is 9.44. The molecule has 6 nitrogen and oxygen atoms in total. The van der Waals surface area contributed by atoms with Gasteiger partial charge in [-0.2, -0.15) is 0 Å². The van der Waals surface area contributed by atoms with Crippen LogP contribution in [0, 0.1) is 11.8 Å². The van der Waals surface area contributed by atoms with Crippen LogP contribution < -0.4 is 0 Å². The van der Waals surface area contributed by atoms with Crippen LogP contribution in [0.5, 0.6) is 0 Å². The van der Waals surface area contributed by atoms with Crippen LogP contribution in [0.25, 0.3) is 0 Å². The van der Waals surface area contributed by atoms with Gasteiger partial charge in [0.2, 0.25) is 0 Å². The predicted molar refractivity (Wildman–Crippen MR) is 97.1 cm³/mol. The van der Waals surface area contributed by atoms with E-state index in [-0.39, 0.29) is 6.61 Å². The predicted octanol–water partition coefficient (Wildman–Crippen LogP) is 4.21. The fourth-order valence-corrected chi connectivity index (χ4v) is 3.76. The molecule has 1 aliphatic heterocycles. The number of amides is 2. The molecule has 2 fully saturated rings. The Morgan fingerprint density at radius 1 is 1.08 bits per heavy atom. The maximum absolute atomic E-state index is 12.7. The normalized spacial score (nSPS) is 22.7. The topological polar surface area (TPSA) is 59.1 Å². The molecule has 1 aromatic carbocycles. The molecular weight excluding hydrogens is 332 g/mol. The van der Waals surface area contributed by atoms with Crippen molar-refractivity contribution in [3.05, 3.63) is 35.9 Å². The van der Waals surface area contributed by atoms with Crippen molar-refractivity contribution < 1.29 is 19.1 Å². The first-order chi connectivity index (χ1) is 12.3. The number of rotatable bonds is 3. The lowest BCUT2D eigenvalue weighted by Gasteiger charge is -2.31. The van der Waals surface area contributed by atoms with Crippen LogP contribution in [0.2, 0.25) is 0 Å². The Kier molecular flexibility index (Phi) is 5.51. The Hall–Kier alpha value is -2.08. The molecule has 1 heterocycles. The summed E-state index contributed by atoms with van der Waals surface area (Å²) in [6.45, 7) is 6.89. The SMILES string of the molecule is CC(C)(C)OC(=O)N(C(=O)OCc1ccccc1)N1C[C@H]2CCC[C@H]2C1. The molecule has 0 aromatic heterocycles. The van der Waals surface area contributed by atoms with E-state index in [1.54, 1.807) is 25.8 Å². The lowest BCUT2D eigenvalue weighted by molar-refractivity contribution is -0.0404. The highest BCUT2D eigenvalue weighted by atomic mass is 16.6. The molecule has 1 saturated heterocycles. The van der Waals surface area contributed by atoms with Gasteiger partial charge in [-0.15, -0.1) is 5.01 Å². The minimum Gasteiger partial charge on any atom is -0.443 e. The molecule has 1 aromatic rings. The second kappa shape index (κ2) is 7.66. The number of hydrogen-bond acceptors (Lipinski definition) is 5. The van der Waals surface area contributed by atoms with Gasteiger partial charge in [0.1, 0.15) is 12.2 Å². The summed E-state index contributed by atoms with van der Waals surface area (Å²) in [5.74, 6) is 1.09. The lowest BCUT2D eigenvalue weighted by Crippen LogP contribution is -2.51. The summed E-state index contributed by atoms with van der Waals surface area (Å²) in [7, 11) is 0. The van der Waals surface area contributed by atoms with Crippen LogP contribution in [0.3, 0.4) is 0 Å². The van der Waals surface area contributed by atoms with Crippen molar-refractivity contribution in [2.24, 2.45) is 11.8 Å². The highest BCUT2D eigenvalue weighted by molar-refractivity contribution is 5.87. The van der Waals surface area contributed by atoms with Gasteiger partial charge in [0.15, 0.2) is 0 Å². The van der Waals surface area contributed by atoms with Crippen molar-refractivity contribution in [2.75, 3.05) is 13.1 Å². The van der Waals surface area contributed by atoms with Gasteiger partial charge in [-0.05, 0) is 51.0 Å². The molecule has 3 rings (SSSR count). The molecule has 1 aliphatic carbocycles. The average molecular weight is 360 g/mol. The van der Waals surface area contributed by atoms with E-state index < -0.39 is 17.8 Å². The number of imide groups is 1. The summed E-state index contributed by atoms with van der Waals surface area (Å²) in [6.07, 6.45) is 2.19. The van der Waals surface area contributed by atoms with Gasteiger partial charge in [-0.3, -0.25) is 0 Å². The molecule has 26 heavy (non-hydrogen) atoms. The van der Waals surface area contributed by atoms with E-state index in [0.29, 0.717) is 24.9 Å². The highest BCUT2D eigenvalue weighted by Crippen LogP contribution is 2.38. The zero-order valence-corrected chi connectivity index (χ0v) is 15.8. The summed E-state index contributed by atoms with van der Waals surface area (Å²) in [4.78, 5) is 25.4. The Labute approximate surface area is 155 Å². The zero-order valence-electron chi connectivity index (χ0n) is 15.8. The van der Waals surface area contributed by atoms with Crippen molar-refractivity contribution >= 4 is 12.2 Å². The van der Waals surface area contributed by atoms with Crippen LogP contribution in [0.1, 0.15) is 45.6 Å². The average Bonchev–Trinajstić information content (AvgIpc) is 3.14. The van der Waals surface area contributed by atoms with Crippen molar-refractivity contribution in [2.45, 2.75) is 52.2 Å². The number of carbonyl (C=O) groups is 2. The number of nitrogens with zero attached hydrogens (tertiary/aromatic N) is 2. The van der Waals surface area contributed by atoms with Gasteiger partial charge < -0.3 is 9.47 Å². The number of carbonyl (C=O) groups excluding carboxylic acids is 2. The number of benzene rings is 1. The van der Waals surface area contributed by atoms with E-state index in [2.05, 4.69) is 0 Å². The summed E-state index contributed by atoms with van der Waals surface area (Å²) in [5.41, 5.74) is 0.202. The molecule has 1 saturated carbocycles. The van der Waals surface area contributed by atoms with E-state index in [4.69, 9.17) is 9.47 Å². The van der Waals surface area contributed by atoms with Crippen molar-refractivity contribution in [1.29, 1.82) is 0 Å². The molecule has 2 amide bonds. The number of ether oxygens (including phenoxy) is 2. The van der Waals surface area contributed by atoms with Gasteiger partial charge in [-0.25, -0.2) is 14.6 Å². The van der Waals surface area contributed by atoms with Crippen molar-refractivity contribution in [3.8, 4) is 0 Å². The van der Waals surface area contributed by atoms with E-state index >= 15 is 0 Å². The van der Waals surface area contributed by atoms with Gasteiger partial charge in [0.25, 0.3) is 0 Å². The highest BCUT2D eigenvalue weighted by Gasteiger charge is 2.43. The minimum absolute atomic E-state index is 0.125. The first-order valence-electron chi connectivity index (χ1n) is 9.32. The third-order valence-corrected chi connectivity index (χ3v) is 4.93. The maximum Gasteiger partial charge on any atom is 0.435 e. The van der Waals surface area contributed by atoms with Crippen LogP contribution in [-0.4, -0.2) is 40.9 Å². The Morgan fingerprint density at radius 3 is 2.27 bits per heavy atom. The standard InChI is InChI=1S/C20H28N2O4/c1-20(2,3)26-19(24)22(21-12-16-10-7-11-17(16)13-21)18(23)25-14-15-8-5-4-6-9-15/h4-6,8-9,16-17H,7,10-14H2,1-3H3/t16-,17+. The second-order valence-corrected chi connectivity index (χ2v) is 8.15. The third kappa shape index (κ3) is 4.55. The molecule has 2 aliphatic rings. The molecule has 0 N–H and O–H groups in total. The molecule has 142 valence electrons. The van der Waals surface area contributed by atoms with Gasteiger partial charge in [-0.1, -0.05) is 36.8 Å². The van der Waals surface area contributed by atoms with E-state index in [0.717, 1.165) is 23.4 Å². The van der Waals surface area contributed by atoms with Crippen LogP contribution in [0.4, 0.5) is 9.59 Å². The Morgan fingerprint density at radius 2 is 1.69 bits per heavy atom. The van der Waals surface area contributed by atoms with Crippen LogP contribution in [0.15, 0.2) is 30.3 Å². The number of hydrazine groups is 1. The maximum atomic E-state index is 12.7. The van der Waals surface area contributed by atoms with Gasteiger partial charge >= 0.3 is 12.2 Å². The fraction of sp³-hybridized carbons (Fsp3) is 0.600. The van der Waals surface area contributed by atoms with Crippen molar-refractivity contribution in [3.63, 3.8) is 0 Å². The molecule has 6 heteroatoms. The van der Waals surface area contributed by atoms with Crippen LogP contribution >= 0.6 is 0 Å². The first kappa shape index (κ1) is 18.7. The molecule has 0 unspecified atom stereocenters. The van der Waals surface area contributed by atoms with Crippen LogP contribution in [-0.2, 0) is 16.1 Å². The minimum atomic E-state index is -0.678. The lowest BCUT2D eigenvalue weighted by atomic mass is 10.0. The molecule has 0 radical (unpaired) electrons.